The van der Waals surface area contributed by atoms with E-state index in [1.165, 1.54) is 0 Å². The van der Waals surface area contributed by atoms with Crippen molar-refractivity contribution >= 4 is 21.6 Å². The van der Waals surface area contributed by atoms with Crippen molar-refractivity contribution in [2.24, 2.45) is 5.92 Å². The summed E-state index contributed by atoms with van der Waals surface area (Å²) in [5, 5.41) is 0. The summed E-state index contributed by atoms with van der Waals surface area (Å²) in [5.74, 6) is 2.72. The molecule has 0 aliphatic heterocycles. The minimum atomic E-state index is -3.30. The number of terminal acetylenes is 1. The van der Waals surface area contributed by atoms with Gasteiger partial charge >= 0.3 is 0 Å². The Balaban J connectivity index is 4.30. The highest BCUT2D eigenvalue weighted by Crippen LogP contribution is 2.04. The van der Waals surface area contributed by atoms with Gasteiger partial charge in [-0.3, -0.25) is 0 Å². The molecule has 0 radical (unpaired) electrons. The molecule has 0 aliphatic carbocycles. The van der Waals surface area contributed by atoms with E-state index in [2.05, 4.69) is 10.6 Å². The van der Waals surface area contributed by atoms with Gasteiger partial charge in [-0.2, -0.15) is 0 Å². The van der Waals surface area contributed by atoms with E-state index in [1.807, 2.05) is 6.92 Å². The Labute approximate surface area is 97.6 Å². The lowest BCUT2D eigenvalue weighted by Gasteiger charge is -2.14. The first-order valence-corrected chi connectivity index (χ1v) is 7.16. The van der Waals surface area contributed by atoms with E-state index in [1.54, 1.807) is 6.92 Å². The van der Waals surface area contributed by atoms with Crippen molar-refractivity contribution in [3.63, 3.8) is 0 Å². The van der Waals surface area contributed by atoms with Crippen molar-refractivity contribution in [1.29, 1.82) is 0 Å². The maximum Gasteiger partial charge on any atom is 0.212 e. The standard InChI is InChI=1S/C10H18ClNO2S/c1-4-6-10(5-2)12-15(13,14)8-9(3)7-11/h2,9-10,12H,4,6-8H2,1,3H3. The van der Waals surface area contributed by atoms with E-state index in [0.29, 0.717) is 12.3 Å². The van der Waals surface area contributed by atoms with Crippen molar-refractivity contribution < 1.29 is 8.42 Å². The molecule has 0 rings (SSSR count). The van der Waals surface area contributed by atoms with E-state index in [4.69, 9.17) is 18.0 Å². The van der Waals surface area contributed by atoms with Crippen LogP contribution in [0, 0.1) is 18.3 Å². The normalized spacial score (nSPS) is 15.6. The van der Waals surface area contributed by atoms with Crippen molar-refractivity contribution in [3.8, 4) is 12.3 Å². The van der Waals surface area contributed by atoms with E-state index >= 15 is 0 Å². The highest BCUT2D eigenvalue weighted by atomic mass is 35.5. The molecule has 5 heteroatoms. The van der Waals surface area contributed by atoms with Crippen LogP contribution in [0.2, 0.25) is 0 Å². The van der Waals surface area contributed by atoms with Gasteiger partial charge in [-0.1, -0.05) is 26.2 Å². The molecule has 0 aromatic heterocycles. The van der Waals surface area contributed by atoms with Crippen LogP contribution in [0.5, 0.6) is 0 Å². The summed E-state index contributed by atoms with van der Waals surface area (Å²) in [6, 6.07) is -0.400. The molecule has 88 valence electrons. The third-order valence-corrected chi connectivity index (χ3v) is 4.05. The second-order valence-corrected chi connectivity index (χ2v) is 5.77. The topological polar surface area (TPSA) is 46.2 Å². The maximum absolute atomic E-state index is 11.6. The van der Waals surface area contributed by atoms with E-state index in [-0.39, 0.29) is 11.7 Å². The van der Waals surface area contributed by atoms with Gasteiger partial charge < -0.3 is 0 Å². The van der Waals surface area contributed by atoms with Crippen LogP contribution in [-0.4, -0.2) is 26.1 Å². The maximum atomic E-state index is 11.6. The molecule has 0 heterocycles. The van der Waals surface area contributed by atoms with Crippen LogP contribution in [0.25, 0.3) is 0 Å². The predicted octanol–water partition coefficient (Wildman–Crippen LogP) is 1.58. The Morgan fingerprint density at radius 2 is 2.13 bits per heavy atom. The Morgan fingerprint density at radius 3 is 2.53 bits per heavy atom. The summed E-state index contributed by atoms with van der Waals surface area (Å²) in [6.45, 7) is 3.75. The van der Waals surface area contributed by atoms with Crippen LogP contribution < -0.4 is 4.72 Å². The summed E-state index contributed by atoms with van der Waals surface area (Å²) in [4.78, 5) is 0. The number of rotatable bonds is 7. The zero-order chi connectivity index (χ0) is 11.9. The first kappa shape index (κ1) is 14.8. The average molecular weight is 252 g/mol. The van der Waals surface area contributed by atoms with E-state index < -0.39 is 16.1 Å². The zero-order valence-electron chi connectivity index (χ0n) is 9.16. The highest BCUT2D eigenvalue weighted by molar-refractivity contribution is 7.89. The fourth-order valence-electron chi connectivity index (χ4n) is 1.15. The predicted molar refractivity (Wildman–Crippen MR) is 64.3 cm³/mol. The van der Waals surface area contributed by atoms with Crippen molar-refractivity contribution in [2.75, 3.05) is 11.6 Å². The van der Waals surface area contributed by atoms with Crippen LogP contribution in [0.1, 0.15) is 26.7 Å². The van der Waals surface area contributed by atoms with Crippen LogP contribution in [0.15, 0.2) is 0 Å². The number of hydrogen-bond donors (Lipinski definition) is 1. The van der Waals surface area contributed by atoms with Gasteiger partial charge in [0.2, 0.25) is 10.0 Å². The number of alkyl halides is 1. The molecule has 0 amide bonds. The molecule has 3 nitrogen and oxygen atoms in total. The monoisotopic (exact) mass is 251 g/mol. The summed E-state index contributed by atoms with van der Waals surface area (Å²) in [7, 11) is -3.30. The van der Waals surface area contributed by atoms with E-state index in [9.17, 15) is 8.42 Å². The summed E-state index contributed by atoms with van der Waals surface area (Å²) < 4.78 is 25.6. The Hall–Kier alpha value is -0.240. The quantitative estimate of drug-likeness (QED) is 0.552. The summed E-state index contributed by atoms with van der Waals surface area (Å²) >= 11 is 5.56. The number of nitrogens with one attached hydrogen (secondary N) is 1. The second kappa shape index (κ2) is 7.10. The zero-order valence-corrected chi connectivity index (χ0v) is 10.7. The molecule has 0 fully saturated rings. The van der Waals surface area contributed by atoms with Crippen molar-refractivity contribution in [3.05, 3.63) is 0 Å². The molecular formula is C10H18ClNO2S. The number of hydrogen-bond acceptors (Lipinski definition) is 2. The molecule has 0 saturated carbocycles. The fourth-order valence-corrected chi connectivity index (χ4v) is 2.97. The lowest BCUT2D eigenvalue weighted by Crippen LogP contribution is -2.37. The first-order valence-electron chi connectivity index (χ1n) is 4.97. The smallest absolute Gasteiger partial charge is 0.212 e. The van der Waals surface area contributed by atoms with Crippen LogP contribution in [0.4, 0.5) is 0 Å². The van der Waals surface area contributed by atoms with Gasteiger partial charge in [0.05, 0.1) is 11.8 Å². The van der Waals surface area contributed by atoms with Gasteiger partial charge in [-0.15, -0.1) is 18.0 Å². The van der Waals surface area contributed by atoms with Crippen molar-refractivity contribution in [2.45, 2.75) is 32.7 Å². The van der Waals surface area contributed by atoms with Crippen LogP contribution in [0.3, 0.4) is 0 Å². The molecule has 1 N–H and O–H groups in total. The first-order chi connectivity index (χ1) is 6.95. The SMILES string of the molecule is C#CC(CCC)NS(=O)(=O)CC(C)CCl. The molecule has 0 bridgehead atoms. The van der Waals surface area contributed by atoms with Gasteiger partial charge in [0.25, 0.3) is 0 Å². The molecular weight excluding hydrogens is 234 g/mol. The molecule has 0 spiro atoms. The molecule has 0 aliphatic rings. The number of sulfonamides is 1. The van der Waals surface area contributed by atoms with Crippen LogP contribution in [-0.2, 0) is 10.0 Å². The fraction of sp³-hybridized carbons (Fsp3) is 0.800. The van der Waals surface area contributed by atoms with Gasteiger partial charge in [-0.25, -0.2) is 13.1 Å². The second-order valence-electron chi connectivity index (χ2n) is 3.67. The Kier molecular flexibility index (Phi) is 6.99. The van der Waals surface area contributed by atoms with Crippen molar-refractivity contribution in [1.82, 2.24) is 4.72 Å². The van der Waals surface area contributed by atoms with Gasteiger partial charge in [-0.05, 0) is 12.3 Å². The Bertz CT molecular complexity index is 308. The molecule has 0 aromatic rings. The number of halogens is 1. The van der Waals surface area contributed by atoms with Gasteiger partial charge in [0.15, 0.2) is 0 Å². The lowest BCUT2D eigenvalue weighted by molar-refractivity contribution is 0.553. The lowest BCUT2D eigenvalue weighted by atomic mass is 10.2. The molecule has 15 heavy (non-hydrogen) atoms. The largest absolute Gasteiger partial charge is 0.212 e. The molecule has 2 atom stereocenters. The molecule has 0 saturated heterocycles. The average Bonchev–Trinajstić information content (AvgIpc) is 2.15. The minimum absolute atomic E-state index is 0.0262. The molecule has 0 aromatic carbocycles. The highest BCUT2D eigenvalue weighted by Gasteiger charge is 2.18. The molecule has 2 unspecified atom stereocenters. The summed E-state index contributed by atoms with van der Waals surface area (Å²) in [5.41, 5.74) is 0. The van der Waals surface area contributed by atoms with Gasteiger partial charge in [0, 0.05) is 5.88 Å². The van der Waals surface area contributed by atoms with E-state index in [0.717, 1.165) is 6.42 Å². The Morgan fingerprint density at radius 1 is 1.53 bits per heavy atom. The van der Waals surface area contributed by atoms with Crippen LogP contribution >= 0.6 is 11.6 Å². The van der Waals surface area contributed by atoms with Gasteiger partial charge in [0.1, 0.15) is 0 Å². The third kappa shape index (κ3) is 6.77. The minimum Gasteiger partial charge on any atom is -0.212 e. The third-order valence-electron chi connectivity index (χ3n) is 1.87. The summed E-state index contributed by atoms with van der Waals surface area (Å²) in [6.07, 6.45) is 6.73.